The van der Waals surface area contributed by atoms with E-state index in [9.17, 15) is 41.4 Å². The van der Waals surface area contributed by atoms with Gasteiger partial charge in [0.2, 0.25) is 5.91 Å². The minimum atomic E-state index is -5.08. The molecule has 2 aromatic carbocycles. The van der Waals surface area contributed by atoms with Gasteiger partial charge < -0.3 is 35.8 Å². The number of alkyl halides is 6. The number of phenols is 1. The smallest absolute Gasteiger partial charge is 0.490 e. The second kappa shape index (κ2) is 18.6. The van der Waals surface area contributed by atoms with E-state index in [1.807, 2.05) is 12.1 Å². The molecule has 0 saturated carbocycles. The van der Waals surface area contributed by atoms with Crippen molar-refractivity contribution in [1.29, 1.82) is 0 Å². The summed E-state index contributed by atoms with van der Waals surface area (Å²) in [5, 5.41) is 41.2. The average Bonchev–Trinajstić information content (AvgIpc) is 2.94. The molecule has 0 bridgehead atoms. The Hall–Kier alpha value is -3.51. The zero-order valence-electron chi connectivity index (χ0n) is 24.0. The van der Waals surface area contributed by atoms with E-state index in [1.165, 1.54) is 24.6 Å². The number of carboxylic acids is 2. The van der Waals surface area contributed by atoms with Crippen molar-refractivity contribution in [2.45, 2.75) is 50.8 Å². The van der Waals surface area contributed by atoms with Gasteiger partial charge in [-0.2, -0.15) is 26.3 Å². The highest BCUT2D eigenvalue weighted by atomic mass is 35.5. The van der Waals surface area contributed by atoms with Crippen LogP contribution in [0.1, 0.15) is 25.3 Å². The van der Waals surface area contributed by atoms with Crippen LogP contribution in [0.3, 0.4) is 0 Å². The number of aliphatic hydroxyl groups excluding tert-OH is 1. The van der Waals surface area contributed by atoms with Crippen molar-refractivity contribution in [2.24, 2.45) is 0 Å². The van der Waals surface area contributed by atoms with E-state index in [0.29, 0.717) is 18.3 Å². The Balaban J connectivity index is 0.000000629. The van der Waals surface area contributed by atoms with E-state index >= 15 is 0 Å². The van der Waals surface area contributed by atoms with E-state index in [1.54, 1.807) is 0 Å². The molecule has 1 atom stereocenters. The molecule has 1 saturated heterocycles. The van der Waals surface area contributed by atoms with Crippen LogP contribution >= 0.6 is 23.2 Å². The van der Waals surface area contributed by atoms with E-state index in [4.69, 9.17) is 47.7 Å². The Morgan fingerprint density at radius 3 is 1.93 bits per heavy atom. The van der Waals surface area contributed by atoms with Crippen LogP contribution in [-0.4, -0.2) is 93.9 Å². The predicted molar refractivity (Wildman–Crippen MR) is 154 cm³/mol. The molecule has 0 spiro atoms. The van der Waals surface area contributed by atoms with Crippen LogP contribution in [0.4, 0.5) is 32.0 Å². The molecule has 1 aliphatic rings. The van der Waals surface area contributed by atoms with Gasteiger partial charge in [-0.1, -0.05) is 35.3 Å². The normalized spacial score (nSPS) is 14.6. The summed E-state index contributed by atoms with van der Waals surface area (Å²) in [5.41, 5.74) is 1.59. The quantitative estimate of drug-likeness (QED) is 0.155. The number of anilines is 1. The molecule has 2 aromatic rings. The van der Waals surface area contributed by atoms with Gasteiger partial charge in [0, 0.05) is 37.1 Å². The molecule has 19 heteroatoms. The second-order valence-corrected chi connectivity index (χ2v) is 10.5. The fraction of sp³-hybridized carbons (Fsp3) is 0.444. The molecule has 1 amide bonds. The number of benzene rings is 2. The number of carboxylic acid groups (broad SMARTS) is 2. The van der Waals surface area contributed by atoms with Crippen LogP contribution in [0.2, 0.25) is 10.0 Å². The van der Waals surface area contributed by atoms with Crippen molar-refractivity contribution in [3.05, 3.63) is 52.0 Å². The second-order valence-electron chi connectivity index (χ2n) is 9.64. The summed E-state index contributed by atoms with van der Waals surface area (Å²) >= 11 is 11.9. The number of aromatic hydroxyl groups is 1. The Bertz CT molecular complexity index is 1270. The van der Waals surface area contributed by atoms with Crippen LogP contribution in [0.5, 0.6) is 11.5 Å². The van der Waals surface area contributed by atoms with Gasteiger partial charge in [0.25, 0.3) is 0 Å². The van der Waals surface area contributed by atoms with Gasteiger partial charge in [-0.05, 0) is 49.7 Å². The SMILES string of the molecule is CC(=O)Nc1cc(Cl)c(O)cc1OC[C@@H](O)CNC1CCN(Cc2ccc(Cl)cc2)CC1.O=C(O)C(F)(F)F.O=C(O)C(F)(F)F. The van der Waals surface area contributed by atoms with Crippen molar-refractivity contribution in [1.82, 2.24) is 10.2 Å². The highest BCUT2D eigenvalue weighted by Crippen LogP contribution is 2.35. The minimum absolute atomic E-state index is 0.00999. The summed E-state index contributed by atoms with van der Waals surface area (Å²) in [6, 6.07) is 11.0. The minimum Gasteiger partial charge on any atom is -0.506 e. The summed E-state index contributed by atoms with van der Waals surface area (Å²) in [5.74, 6) is -5.72. The topological polar surface area (TPSA) is 169 Å². The van der Waals surface area contributed by atoms with E-state index in [2.05, 4.69) is 27.7 Å². The first-order valence-electron chi connectivity index (χ1n) is 13.1. The number of halogens is 8. The number of phenolic OH excluding ortho intramolecular Hbond substituents is 1. The van der Waals surface area contributed by atoms with Crippen molar-refractivity contribution in [3.63, 3.8) is 0 Å². The molecule has 0 unspecified atom stereocenters. The first kappa shape index (κ1) is 40.5. The highest BCUT2D eigenvalue weighted by Gasteiger charge is 2.38. The lowest BCUT2D eigenvalue weighted by molar-refractivity contribution is -0.193. The maximum absolute atomic E-state index is 11.4. The standard InChI is InChI=1S/C23H29Cl2N3O4.2C2HF3O2/c1-15(29)27-21-10-20(25)22(31)11-23(21)32-14-19(30)12-26-18-6-8-28(9-7-18)13-16-2-4-17(24)5-3-16;2*3-2(4,5)1(6)7/h2-5,10-11,18-19,26,30-31H,6-9,12-14H2,1H3,(H,27,29);2*(H,6,7)/t19-;;/m0../s1. The highest BCUT2D eigenvalue weighted by molar-refractivity contribution is 6.32. The summed E-state index contributed by atoms with van der Waals surface area (Å²) < 4.78 is 69.1. The fourth-order valence-electron chi connectivity index (χ4n) is 3.64. The summed E-state index contributed by atoms with van der Waals surface area (Å²) in [6.45, 7) is 4.63. The van der Waals surface area contributed by atoms with Crippen LogP contribution < -0.4 is 15.4 Å². The zero-order chi connectivity index (χ0) is 35.2. The van der Waals surface area contributed by atoms with Gasteiger partial charge in [-0.3, -0.25) is 9.69 Å². The van der Waals surface area contributed by atoms with Gasteiger partial charge in [-0.15, -0.1) is 0 Å². The van der Waals surface area contributed by atoms with Gasteiger partial charge in [0.05, 0.1) is 10.7 Å². The number of carbonyl (C=O) groups excluding carboxylic acids is 1. The first-order valence-corrected chi connectivity index (χ1v) is 13.9. The largest absolute Gasteiger partial charge is 0.506 e. The van der Waals surface area contributed by atoms with Crippen molar-refractivity contribution < 1.29 is 65.9 Å². The van der Waals surface area contributed by atoms with Gasteiger partial charge in [0.1, 0.15) is 24.2 Å². The lowest BCUT2D eigenvalue weighted by Gasteiger charge is -2.33. The lowest BCUT2D eigenvalue weighted by atomic mass is 10.0. The third kappa shape index (κ3) is 16.2. The Morgan fingerprint density at radius 2 is 1.48 bits per heavy atom. The van der Waals surface area contributed by atoms with Crippen LogP contribution in [0.15, 0.2) is 36.4 Å². The zero-order valence-corrected chi connectivity index (χ0v) is 25.5. The van der Waals surface area contributed by atoms with Crippen molar-refractivity contribution in [3.8, 4) is 11.5 Å². The number of nitrogens with one attached hydrogen (secondary N) is 2. The molecular weight excluding hydrogens is 679 g/mol. The molecule has 0 radical (unpaired) electrons. The summed E-state index contributed by atoms with van der Waals surface area (Å²) in [4.78, 5) is 31.6. The number of piperidine rings is 1. The Kier molecular flexibility index (Phi) is 16.4. The number of hydrogen-bond acceptors (Lipinski definition) is 8. The molecule has 258 valence electrons. The fourth-order valence-corrected chi connectivity index (χ4v) is 3.93. The maximum atomic E-state index is 11.4. The monoisotopic (exact) mass is 709 g/mol. The van der Waals surface area contributed by atoms with Crippen LogP contribution in [0, 0.1) is 0 Å². The number of aliphatic carboxylic acids is 2. The average molecular weight is 710 g/mol. The van der Waals surface area contributed by atoms with Gasteiger partial charge in [-0.25, -0.2) is 9.59 Å². The maximum Gasteiger partial charge on any atom is 0.490 e. The molecule has 6 N–H and O–H groups in total. The molecule has 1 fully saturated rings. The number of amides is 1. The lowest BCUT2D eigenvalue weighted by Crippen LogP contribution is -2.45. The molecule has 0 aromatic heterocycles. The molecule has 1 aliphatic heterocycles. The molecule has 11 nitrogen and oxygen atoms in total. The van der Waals surface area contributed by atoms with Crippen LogP contribution in [0.25, 0.3) is 0 Å². The number of ether oxygens (including phenoxy) is 1. The predicted octanol–water partition coefficient (Wildman–Crippen LogP) is 4.92. The molecule has 46 heavy (non-hydrogen) atoms. The van der Waals surface area contributed by atoms with Crippen molar-refractivity contribution >= 4 is 46.7 Å². The summed E-state index contributed by atoms with van der Waals surface area (Å²) in [7, 11) is 0. The number of nitrogens with zero attached hydrogens (tertiary/aromatic N) is 1. The molecule has 0 aliphatic carbocycles. The van der Waals surface area contributed by atoms with E-state index in [-0.39, 0.29) is 29.0 Å². The van der Waals surface area contributed by atoms with Gasteiger partial charge >= 0.3 is 24.3 Å². The third-order valence-electron chi connectivity index (χ3n) is 5.83. The first-order chi connectivity index (χ1) is 21.2. The molecular formula is C27H31Cl2F6N3O8. The molecule has 3 rings (SSSR count). The molecule has 1 heterocycles. The number of likely N-dealkylation sites (tertiary alicyclic amines) is 1. The Labute approximate surface area is 268 Å². The van der Waals surface area contributed by atoms with Gasteiger partial charge in [0.15, 0.2) is 0 Å². The third-order valence-corrected chi connectivity index (χ3v) is 6.38. The summed E-state index contributed by atoms with van der Waals surface area (Å²) in [6.07, 6.45) is -8.91. The number of rotatable bonds is 9. The van der Waals surface area contributed by atoms with E-state index in [0.717, 1.165) is 37.5 Å². The Morgan fingerprint density at radius 1 is 0.978 bits per heavy atom. The number of hydrogen-bond donors (Lipinski definition) is 6. The number of carbonyl (C=O) groups is 3. The van der Waals surface area contributed by atoms with Crippen LogP contribution in [-0.2, 0) is 20.9 Å². The van der Waals surface area contributed by atoms with Crippen molar-refractivity contribution in [2.75, 3.05) is 31.6 Å². The van der Waals surface area contributed by atoms with E-state index < -0.39 is 30.4 Å². The number of aliphatic hydroxyl groups is 1.